The second-order valence-corrected chi connectivity index (χ2v) is 3.09. The van der Waals surface area contributed by atoms with Gasteiger partial charge in [-0.2, -0.15) is 0 Å². The number of nitrogens with one attached hydrogen (secondary N) is 2. The number of carbonyl (C=O) groups is 1. The largest absolute Gasteiger partial charge is 0.394 e. The highest BCUT2D eigenvalue weighted by atomic mass is 16.3. The molecule has 0 aromatic carbocycles. The lowest BCUT2D eigenvalue weighted by Gasteiger charge is -2.16. The van der Waals surface area contributed by atoms with Gasteiger partial charge in [-0.3, -0.25) is 0 Å². The summed E-state index contributed by atoms with van der Waals surface area (Å²) in [4.78, 5) is 10.8. The van der Waals surface area contributed by atoms with E-state index < -0.39 is 6.10 Å². The highest BCUT2D eigenvalue weighted by Crippen LogP contribution is 2.07. The van der Waals surface area contributed by atoms with Crippen molar-refractivity contribution in [3.8, 4) is 0 Å². The molecule has 0 unspecified atom stereocenters. The summed E-state index contributed by atoms with van der Waals surface area (Å²) in [6.07, 6.45) is -0.367. The molecule has 5 heteroatoms. The molecule has 5 nitrogen and oxygen atoms in total. The third-order valence-corrected chi connectivity index (χ3v) is 2.02. The molecule has 1 heterocycles. The molecule has 70 valence electrons. The number of aliphatic hydroxyl groups is 2. The van der Waals surface area contributed by atoms with Crippen molar-refractivity contribution in [2.24, 2.45) is 0 Å². The first-order chi connectivity index (χ1) is 5.63. The summed E-state index contributed by atoms with van der Waals surface area (Å²) >= 11 is 0. The van der Waals surface area contributed by atoms with Crippen LogP contribution < -0.4 is 10.6 Å². The molecule has 1 saturated heterocycles. The minimum Gasteiger partial charge on any atom is -0.394 e. The van der Waals surface area contributed by atoms with E-state index in [9.17, 15) is 4.79 Å². The molecule has 12 heavy (non-hydrogen) atoms. The third-order valence-electron chi connectivity index (χ3n) is 2.02. The molecule has 1 rings (SSSR count). The minimum atomic E-state index is -0.752. The fourth-order valence-electron chi connectivity index (χ4n) is 1.27. The molecule has 0 radical (unpaired) electrons. The van der Waals surface area contributed by atoms with Crippen molar-refractivity contribution >= 4 is 6.03 Å². The van der Waals surface area contributed by atoms with Gasteiger partial charge in [0.05, 0.1) is 18.8 Å². The highest BCUT2D eigenvalue weighted by Gasteiger charge is 2.29. The lowest BCUT2D eigenvalue weighted by atomic mass is 10.1. The molecule has 0 bridgehead atoms. The van der Waals surface area contributed by atoms with Gasteiger partial charge in [-0.1, -0.05) is 0 Å². The third kappa shape index (κ3) is 2.09. The van der Waals surface area contributed by atoms with E-state index in [-0.39, 0.29) is 24.7 Å². The Morgan fingerprint density at radius 2 is 2.25 bits per heavy atom. The van der Waals surface area contributed by atoms with Gasteiger partial charge in [-0.25, -0.2) is 4.79 Å². The van der Waals surface area contributed by atoms with Crippen molar-refractivity contribution in [1.29, 1.82) is 0 Å². The summed E-state index contributed by atoms with van der Waals surface area (Å²) in [6, 6.07) is -0.281. The average Bonchev–Trinajstić information content (AvgIpc) is 2.30. The Bertz CT molecular complexity index is 174. The first-order valence-electron chi connectivity index (χ1n) is 3.99. The SMILES string of the molecule is C[C@@H]1NC(=O)N[C@@H]1C[C@@H](O)CO. The molecule has 0 aromatic rings. The summed E-state index contributed by atoms with van der Waals surface area (Å²) in [6.45, 7) is 1.59. The van der Waals surface area contributed by atoms with E-state index in [1.165, 1.54) is 0 Å². The topological polar surface area (TPSA) is 81.6 Å². The molecular formula is C7H14N2O3. The number of hydrogen-bond donors (Lipinski definition) is 4. The Morgan fingerprint density at radius 1 is 1.58 bits per heavy atom. The van der Waals surface area contributed by atoms with Crippen molar-refractivity contribution in [2.75, 3.05) is 6.61 Å². The highest BCUT2D eigenvalue weighted by molar-refractivity contribution is 5.77. The standard InChI is InChI=1S/C7H14N2O3/c1-4-6(2-5(11)3-10)9-7(12)8-4/h4-6,10-11H,2-3H2,1H3,(H2,8,9,12)/t4-,5+,6+/m0/s1. The molecule has 1 aliphatic heterocycles. The van der Waals surface area contributed by atoms with Crippen molar-refractivity contribution in [1.82, 2.24) is 10.6 Å². The Morgan fingerprint density at radius 3 is 2.67 bits per heavy atom. The summed E-state index contributed by atoms with van der Waals surface area (Å²) in [5, 5.41) is 23.0. The quantitative estimate of drug-likeness (QED) is 0.434. The lowest BCUT2D eigenvalue weighted by molar-refractivity contribution is 0.0798. The molecule has 0 aromatic heterocycles. The van der Waals surface area contributed by atoms with Crippen molar-refractivity contribution in [2.45, 2.75) is 31.5 Å². The van der Waals surface area contributed by atoms with Crippen LogP contribution in [0.15, 0.2) is 0 Å². The molecule has 1 fully saturated rings. The van der Waals surface area contributed by atoms with Crippen LogP contribution in [0.25, 0.3) is 0 Å². The number of rotatable bonds is 3. The molecule has 2 amide bonds. The predicted molar refractivity (Wildman–Crippen MR) is 42.6 cm³/mol. The van der Waals surface area contributed by atoms with Crippen LogP contribution in [0.1, 0.15) is 13.3 Å². The van der Waals surface area contributed by atoms with E-state index in [0.29, 0.717) is 6.42 Å². The number of aliphatic hydroxyl groups excluding tert-OH is 2. The second-order valence-electron chi connectivity index (χ2n) is 3.09. The number of hydrogen-bond acceptors (Lipinski definition) is 3. The van der Waals surface area contributed by atoms with Gasteiger partial charge in [-0.15, -0.1) is 0 Å². The van der Waals surface area contributed by atoms with E-state index in [0.717, 1.165) is 0 Å². The zero-order valence-electron chi connectivity index (χ0n) is 6.95. The van der Waals surface area contributed by atoms with Gasteiger partial charge in [0.2, 0.25) is 0 Å². The van der Waals surface area contributed by atoms with E-state index >= 15 is 0 Å². The maximum atomic E-state index is 10.8. The maximum absolute atomic E-state index is 10.8. The summed E-state index contributed by atoms with van der Waals surface area (Å²) in [5.41, 5.74) is 0. The average molecular weight is 174 g/mol. The summed E-state index contributed by atoms with van der Waals surface area (Å²) in [5.74, 6) is 0. The van der Waals surface area contributed by atoms with Crippen LogP contribution in [-0.4, -0.2) is 41.0 Å². The van der Waals surface area contributed by atoms with Crippen LogP contribution in [0, 0.1) is 0 Å². The summed E-state index contributed by atoms with van der Waals surface area (Å²) in [7, 11) is 0. The summed E-state index contributed by atoms with van der Waals surface area (Å²) < 4.78 is 0. The number of amides is 2. The smallest absolute Gasteiger partial charge is 0.315 e. The number of urea groups is 1. The first kappa shape index (κ1) is 9.28. The molecule has 0 spiro atoms. The van der Waals surface area contributed by atoms with Crippen molar-refractivity contribution < 1.29 is 15.0 Å². The lowest BCUT2D eigenvalue weighted by Crippen LogP contribution is -2.35. The van der Waals surface area contributed by atoms with Gasteiger partial charge in [0, 0.05) is 6.04 Å². The molecule has 3 atom stereocenters. The second kappa shape index (κ2) is 3.73. The fraction of sp³-hybridized carbons (Fsp3) is 0.857. The molecular weight excluding hydrogens is 160 g/mol. The van der Waals surface area contributed by atoms with Crippen molar-refractivity contribution in [3.63, 3.8) is 0 Å². The van der Waals surface area contributed by atoms with Crippen LogP contribution in [-0.2, 0) is 0 Å². The Labute approximate surface area is 70.8 Å². The van der Waals surface area contributed by atoms with E-state index in [1.807, 2.05) is 6.92 Å². The normalized spacial score (nSPS) is 31.1. The van der Waals surface area contributed by atoms with Crippen molar-refractivity contribution in [3.05, 3.63) is 0 Å². The van der Waals surface area contributed by atoms with E-state index in [1.54, 1.807) is 0 Å². The molecule has 0 saturated carbocycles. The van der Waals surface area contributed by atoms with Gasteiger partial charge in [0.15, 0.2) is 0 Å². The molecule has 1 aliphatic rings. The van der Waals surface area contributed by atoms with Crippen LogP contribution >= 0.6 is 0 Å². The monoisotopic (exact) mass is 174 g/mol. The first-order valence-corrected chi connectivity index (χ1v) is 3.99. The minimum absolute atomic E-state index is 0.0127. The van der Waals surface area contributed by atoms with Crippen LogP contribution in [0.4, 0.5) is 4.79 Å². The zero-order chi connectivity index (χ0) is 9.14. The van der Waals surface area contributed by atoms with Gasteiger partial charge >= 0.3 is 6.03 Å². The van der Waals surface area contributed by atoms with Gasteiger partial charge in [-0.05, 0) is 13.3 Å². The Hall–Kier alpha value is -0.810. The van der Waals surface area contributed by atoms with Gasteiger partial charge < -0.3 is 20.8 Å². The Balaban J connectivity index is 2.37. The zero-order valence-corrected chi connectivity index (χ0v) is 6.95. The van der Waals surface area contributed by atoms with Crippen LogP contribution in [0.5, 0.6) is 0 Å². The predicted octanol–water partition coefficient (Wildman–Crippen LogP) is -1.20. The van der Waals surface area contributed by atoms with Crippen LogP contribution in [0.3, 0.4) is 0 Å². The molecule has 4 N–H and O–H groups in total. The fourth-order valence-corrected chi connectivity index (χ4v) is 1.27. The maximum Gasteiger partial charge on any atom is 0.315 e. The van der Waals surface area contributed by atoms with Gasteiger partial charge in [0.1, 0.15) is 0 Å². The van der Waals surface area contributed by atoms with E-state index in [4.69, 9.17) is 10.2 Å². The Kier molecular flexibility index (Phi) is 2.88. The van der Waals surface area contributed by atoms with Gasteiger partial charge in [0.25, 0.3) is 0 Å². The van der Waals surface area contributed by atoms with E-state index in [2.05, 4.69) is 10.6 Å². The number of carbonyl (C=O) groups excluding carboxylic acids is 1. The van der Waals surface area contributed by atoms with Crippen LogP contribution in [0.2, 0.25) is 0 Å². The molecule has 0 aliphatic carbocycles.